The molecule has 0 spiro atoms. The van der Waals surface area contributed by atoms with Gasteiger partial charge in [-0.3, -0.25) is 0 Å². The van der Waals surface area contributed by atoms with Gasteiger partial charge >= 0.3 is 6.01 Å². The van der Waals surface area contributed by atoms with Crippen molar-refractivity contribution in [3.05, 3.63) is 108 Å². The Kier molecular flexibility index (Phi) is 8.86. The van der Waals surface area contributed by atoms with Gasteiger partial charge < -0.3 is 9.40 Å². The minimum atomic E-state index is 0. The molecule has 0 bridgehead atoms. The van der Waals surface area contributed by atoms with E-state index in [9.17, 15) is 0 Å². The minimum Gasteiger partial charge on any atom is -0.516 e. The smallest absolute Gasteiger partial charge is 0.493 e. The van der Waals surface area contributed by atoms with E-state index in [4.69, 9.17) is 4.42 Å². The van der Waals surface area contributed by atoms with Crippen LogP contribution in [0.25, 0.3) is 33.2 Å². The second kappa shape index (κ2) is 12.3. The van der Waals surface area contributed by atoms with Gasteiger partial charge in [-0.15, -0.1) is 47.5 Å². The first-order chi connectivity index (χ1) is 18.0. The molecule has 1 aliphatic rings. The van der Waals surface area contributed by atoms with E-state index >= 15 is 0 Å². The first kappa shape index (κ1) is 27.4. The van der Waals surface area contributed by atoms with Crippen molar-refractivity contribution < 1.29 is 33.7 Å². The standard InChI is InChI=1S/C19H17N2O.C14H14N.Ir/c1-2-3-10-20-11-12-21(14-20)15-8-9-19-17(13-15)16-6-4-5-7-18(16)22-19;1-10-4-6-13(7-5-10)14-8-11(2)12(3)9-15-14;/h4-7,9,11-13H,2-3,10H2,1H3;4-6,8-9H,1-3H3;/q+1;-1;. The molecule has 6 rings (SSSR count). The maximum absolute atomic E-state index is 5.85. The van der Waals surface area contributed by atoms with Gasteiger partial charge in [0.05, 0.1) is 0 Å². The molecular weight excluding hydrogens is 647 g/mol. The molecule has 0 fully saturated rings. The molecule has 5 aromatic rings. The zero-order chi connectivity index (χ0) is 25.8. The maximum Gasteiger partial charge on any atom is 0.493 e. The van der Waals surface area contributed by atoms with Crippen LogP contribution in [0.5, 0.6) is 0 Å². The molecule has 0 unspecified atom stereocenters. The predicted octanol–water partition coefficient (Wildman–Crippen LogP) is 7.97. The summed E-state index contributed by atoms with van der Waals surface area (Å²) in [6.45, 7) is 9.44. The number of rotatable bonds is 5. The van der Waals surface area contributed by atoms with Crippen molar-refractivity contribution in [3.63, 3.8) is 0 Å². The Morgan fingerprint density at radius 2 is 1.74 bits per heavy atom. The number of benzene rings is 3. The molecule has 38 heavy (non-hydrogen) atoms. The van der Waals surface area contributed by atoms with E-state index in [1.54, 1.807) is 0 Å². The Bertz CT molecular complexity index is 1670. The van der Waals surface area contributed by atoms with Crippen LogP contribution in [-0.2, 0) is 20.1 Å². The average Bonchev–Trinajstić information content (AvgIpc) is 3.54. The number of para-hydroxylation sites is 1. The van der Waals surface area contributed by atoms with Gasteiger partial charge in [-0.1, -0.05) is 70.7 Å². The fourth-order valence-corrected chi connectivity index (χ4v) is 4.17. The Morgan fingerprint density at radius 3 is 2.50 bits per heavy atom. The molecule has 0 saturated carbocycles. The molecule has 4 nitrogen and oxygen atoms in total. The minimum absolute atomic E-state index is 0. The number of hydrogen-bond acceptors (Lipinski definition) is 2. The van der Waals surface area contributed by atoms with Crippen LogP contribution in [0, 0.1) is 32.9 Å². The van der Waals surface area contributed by atoms with Gasteiger partial charge in [0.25, 0.3) is 6.20 Å². The van der Waals surface area contributed by atoms with Gasteiger partial charge in [0.2, 0.25) is 6.20 Å². The zero-order valence-electron chi connectivity index (χ0n) is 22.2. The fraction of sp³-hybridized carbons (Fsp3) is 0.212. The first-order valence-corrected chi connectivity index (χ1v) is 12.8. The molecule has 0 atom stereocenters. The average molecular weight is 678 g/mol. The third-order valence-corrected chi connectivity index (χ3v) is 6.56. The summed E-state index contributed by atoms with van der Waals surface area (Å²) < 4.78 is 9.92. The number of unbranched alkanes of at least 4 members (excludes halogenated alkanes) is 1. The second-order valence-electron chi connectivity index (χ2n) is 9.44. The SMILES string of the molecule is CCCC[N+]1=C=[N+](c2[c-]cc3oc4ccccc4c3c2)C=C1.Cc1c[c-]c(-c2cc(C)c(C)cn2)cc1.[Ir]. The molecule has 0 amide bonds. The van der Waals surface area contributed by atoms with E-state index in [0.717, 1.165) is 45.4 Å². The van der Waals surface area contributed by atoms with Crippen molar-refractivity contribution in [3.8, 4) is 11.3 Å². The van der Waals surface area contributed by atoms with Crippen molar-refractivity contribution in [2.24, 2.45) is 0 Å². The van der Waals surface area contributed by atoms with E-state index < -0.39 is 0 Å². The number of pyridine rings is 1. The van der Waals surface area contributed by atoms with Crippen LogP contribution < -0.4 is 0 Å². The van der Waals surface area contributed by atoms with Crippen LogP contribution in [0.15, 0.2) is 83.7 Å². The third-order valence-electron chi connectivity index (χ3n) is 6.56. The summed E-state index contributed by atoms with van der Waals surface area (Å²) in [6, 6.07) is 30.2. The van der Waals surface area contributed by atoms with Crippen molar-refractivity contribution >= 4 is 33.6 Å². The van der Waals surface area contributed by atoms with Gasteiger partial charge in [0, 0.05) is 43.7 Å². The summed E-state index contributed by atoms with van der Waals surface area (Å²) in [5.74, 6) is 0. The molecule has 3 aromatic carbocycles. The van der Waals surface area contributed by atoms with Gasteiger partial charge in [-0.05, 0) is 31.2 Å². The normalized spacial score (nSPS) is 12.1. The molecule has 1 aliphatic heterocycles. The largest absolute Gasteiger partial charge is 0.516 e. The molecule has 0 saturated heterocycles. The van der Waals surface area contributed by atoms with E-state index in [2.05, 4.69) is 91.9 Å². The van der Waals surface area contributed by atoms with Crippen LogP contribution >= 0.6 is 0 Å². The molecule has 2 aromatic heterocycles. The quantitative estimate of drug-likeness (QED) is 0.140. The number of fused-ring (bicyclic) bond motifs is 3. The number of furan rings is 1. The van der Waals surface area contributed by atoms with E-state index in [0.29, 0.717) is 0 Å². The number of hydrogen-bond donors (Lipinski definition) is 0. The molecular formula is C33H31IrN3O. The van der Waals surface area contributed by atoms with Crippen LogP contribution in [0.4, 0.5) is 5.69 Å². The third kappa shape index (κ3) is 6.09. The molecule has 0 aliphatic carbocycles. The van der Waals surface area contributed by atoms with Crippen molar-refractivity contribution in [1.29, 1.82) is 0 Å². The van der Waals surface area contributed by atoms with E-state index in [-0.39, 0.29) is 20.1 Å². The summed E-state index contributed by atoms with van der Waals surface area (Å²) in [5.41, 5.74) is 8.55. The van der Waals surface area contributed by atoms with Gasteiger partial charge in [-0.2, -0.15) is 0 Å². The van der Waals surface area contributed by atoms with Gasteiger partial charge in [0.1, 0.15) is 11.3 Å². The van der Waals surface area contributed by atoms with Crippen molar-refractivity contribution in [2.75, 3.05) is 6.54 Å². The molecule has 5 heteroatoms. The molecule has 3 heterocycles. The molecule has 1 radical (unpaired) electrons. The van der Waals surface area contributed by atoms with Crippen LogP contribution in [0.2, 0.25) is 0 Å². The molecule has 193 valence electrons. The monoisotopic (exact) mass is 678 g/mol. The van der Waals surface area contributed by atoms with Crippen molar-refractivity contribution in [1.82, 2.24) is 4.98 Å². The van der Waals surface area contributed by atoms with E-state index in [1.807, 2.05) is 47.3 Å². The van der Waals surface area contributed by atoms with Gasteiger partial charge in [0.15, 0.2) is 6.54 Å². The Morgan fingerprint density at radius 1 is 0.895 bits per heavy atom. The summed E-state index contributed by atoms with van der Waals surface area (Å²) in [4.78, 5) is 4.41. The maximum atomic E-state index is 5.85. The van der Waals surface area contributed by atoms with Crippen LogP contribution in [0.1, 0.15) is 36.5 Å². The Hall–Kier alpha value is -3.62. The molecule has 0 N–H and O–H groups in total. The Labute approximate surface area is 238 Å². The topological polar surface area (TPSA) is 32.0 Å². The number of nitrogens with zero attached hydrogens (tertiary/aromatic N) is 3. The zero-order valence-corrected chi connectivity index (χ0v) is 24.6. The first-order valence-electron chi connectivity index (χ1n) is 12.8. The summed E-state index contributed by atoms with van der Waals surface area (Å²) in [6.07, 6.45) is 8.35. The van der Waals surface area contributed by atoms with E-state index in [1.165, 1.54) is 29.5 Å². The number of aromatic nitrogens is 1. The number of aryl methyl sites for hydroxylation is 3. The van der Waals surface area contributed by atoms with Crippen molar-refractivity contribution in [2.45, 2.75) is 40.5 Å². The second-order valence-corrected chi connectivity index (χ2v) is 9.44. The summed E-state index contributed by atoms with van der Waals surface area (Å²) >= 11 is 0. The fourth-order valence-electron chi connectivity index (χ4n) is 4.17. The Balaban J connectivity index is 0.000000185. The van der Waals surface area contributed by atoms with Crippen LogP contribution in [0.3, 0.4) is 0 Å². The summed E-state index contributed by atoms with van der Waals surface area (Å²) in [7, 11) is 0. The predicted molar refractivity (Wildman–Crippen MR) is 149 cm³/mol. The van der Waals surface area contributed by atoms with Gasteiger partial charge in [-0.25, -0.2) is 0 Å². The van der Waals surface area contributed by atoms with Crippen LogP contribution in [-0.4, -0.2) is 26.7 Å². The summed E-state index contributed by atoms with van der Waals surface area (Å²) in [5, 5.41) is 2.25.